The van der Waals surface area contributed by atoms with Crippen LogP contribution in [0.4, 0.5) is 8.78 Å². The molecule has 0 bridgehead atoms. The Bertz CT molecular complexity index is 70.9. The van der Waals surface area contributed by atoms with Crippen LogP contribution in [0.3, 0.4) is 0 Å². The van der Waals surface area contributed by atoms with Crippen molar-refractivity contribution in [1.82, 2.24) is 0 Å². The lowest BCUT2D eigenvalue weighted by atomic mass is 10.2. The molecule has 0 aromatic rings. The van der Waals surface area contributed by atoms with E-state index in [1.807, 2.05) is 0 Å². The fourth-order valence-electron chi connectivity index (χ4n) is 0.119. The Morgan fingerprint density at radius 3 is 2.00 bits per heavy atom. The Kier molecular flexibility index (Phi) is 2.30. The average Bonchev–Trinajstić information content (AvgIpc) is 1.62. The SMILES string of the molecule is CC(ON)C(C)(F)F. The van der Waals surface area contributed by atoms with Crippen molar-refractivity contribution in [2.45, 2.75) is 25.9 Å². The van der Waals surface area contributed by atoms with Gasteiger partial charge in [0.2, 0.25) is 0 Å². The lowest BCUT2D eigenvalue weighted by molar-refractivity contribution is -0.118. The summed E-state index contributed by atoms with van der Waals surface area (Å²) in [4.78, 5) is 3.86. The molecule has 0 fully saturated rings. The fourth-order valence-corrected chi connectivity index (χ4v) is 0.119. The fraction of sp³-hybridized carbons (Fsp3) is 1.00. The molecule has 1 atom stereocenters. The third kappa shape index (κ3) is 2.18. The first-order valence-corrected chi connectivity index (χ1v) is 2.22. The smallest absolute Gasteiger partial charge is 0.272 e. The van der Waals surface area contributed by atoms with E-state index in [1.165, 1.54) is 6.92 Å². The van der Waals surface area contributed by atoms with Crippen LogP contribution in [0.2, 0.25) is 0 Å². The summed E-state index contributed by atoms with van der Waals surface area (Å²) < 4.78 is 23.8. The van der Waals surface area contributed by atoms with Gasteiger partial charge in [-0.15, -0.1) is 0 Å². The minimum absolute atomic E-state index is 0.754. The summed E-state index contributed by atoms with van der Waals surface area (Å²) in [6.45, 7) is 1.96. The van der Waals surface area contributed by atoms with Gasteiger partial charge in [0.1, 0.15) is 6.10 Å². The molecule has 2 nitrogen and oxygen atoms in total. The van der Waals surface area contributed by atoms with Gasteiger partial charge in [-0.1, -0.05) is 0 Å². The molecule has 0 saturated heterocycles. The highest BCUT2D eigenvalue weighted by Gasteiger charge is 2.30. The number of nitrogens with two attached hydrogens (primary N) is 1. The summed E-state index contributed by atoms with van der Waals surface area (Å²) in [6.07, 6.45) is -1.21. The molecule has 0 heterocycles. The van der Waals surface area contributed by atoms with E-state index in [0.717, 1.165) is 6.92 Å². The lowest BCUT2D eigenvalue weighted by Gasteiger charge is -2.15. The number of halogens is 2. The Balaban J connectivity index is 3.62. The second-order valence-electron chi connectivity index (χ2n) is 1.73. The van der Waals surface area contributed by atoms with Crippen LogP contribution in [0.15, 0.2) is 0 Å². The molecule has 0 aromatic carbocycles. The molecule has 0 rings (SSSR count). The third-order valence-electron chi connectivity index (χ3n) is 0.918. The van der Waals surface area contributed by atoms with E-state index in [1.54, 1.807) is 0 Å². The van der Waals surface area contributed by atoms with E-state index < -0.39 is 12.0 Å². The molecular formula is C4H9F2NO. The molecule has 0 aromatic heterocycles. The maximum atomic E-state index is 11.9. The van der Waals surface area contributed by atoms with Crippen molar-refractivity contribution in [1.29, 1.82) is 0 Å². The molecule has 0 radical (unpaired) electrons. The van der Waals surface area contributed by atoms with Crippen LogP contribution >= 0.6 is 0 Å². The van der Waals surface area contributed by atoms with Crippen LogP contribution in [0.5, 0.6) is 0 Å². The van der Waals surface area contributed by atoms with Crippen molar-refractivity contribution in [2.75, 3.05) is 0 Å². The third-order valence-corrected chi connectivity index (χ3v) is 0.918. The normalized spacial score (nSPS) is 16.1. The van der Waals surface area contributed by atoms with Crippen LogP contribution in [-0.2, 0) is 4.84 Å². The topological polar surface area (TPSA) is 35.2 Å². The van der Waals surface area contributed by atoms with E-state index in [2.05, 4.69) is 10.7 Å². The Morgan fingerprint density at radius 1 is 1.62 bits per heavy atom. The van der Waals surface area contributed by atoms with Crippen molar-refractivity contribution >= 4 is 0 Å². The summed E-state index contributed by atoms with van der Waals surface area (Å²) >= 11 is 0. The summed E-state index contributed by atoms with van der Waals surface area (Å²) in [6, 6.07) is 0. The molecule has 0 amide bonds. The average molecular weight is 125 g/mol. The predicted octanol–water partition coefficient (Wildman–Crippen LogP) is 0.920. The van der Waals surface area contributed by atoms with Gasteiger partial charge in [0, 0.05) is 6.92 Å². The van der Waals surface area contributed by atoms with Crippen LogP contribution in [0, 0.1) is 0 Å². The second kappa shape index (κ2) is 2.37. The Hall–Kier alpha value is -0.220. The first kappa shape index (κ1) is 7.78. The summed E-state index contributed by atoms with van der Waals surface area (Å²) in [7, 11) is 0. The first-order chi connectivity index (χ1) is 3.48. The van der Waals surface area contributed by atoms with E-state index in [0.29, 0.717) is 0 Å². The summed E-state index contributed by atoms with van der Waals surface area (Å²) in [5.74, 6) is 1.64. The van der Waals surface area contributed by atoms with Crippen molar-refractivity contribution in [3.8, 4) is 0 Å². The molecule has 1 unspecified atom stereocenters. The molecule has 0 saturated carbocycles. The van der Waals surface area contributed by atoms with E-state index in [9.17, 15) is 8.78 Å². The van der Waals surface area contributed by atoms with Crippen molar-refractivity contribution in [2.24, 2.45) is 5.90 Å². The molecule has 0 spiro atoms. The minimum Gasteiger partial charge on any atom is -0.295 e. The maximum absolute atomic E-state index is 11.9. The molecule has 8 heavy (non-hydrogen) atoms. The van der Waals surface area contributed by atoms with Gasteiger partial charge in [-0.05, 0) is 6.92 Å². The van der Waals surface area contributed by atoms with Gasteiger partial charge < -0.3 is 0 Å². The van der Waals surface area contributed by atoms with Crippen LogP contribution in [-0.4, -0.2) is 12.0 Å². The van der Waals surface area contributed by atoms with Crippen molar-refractivity contribution < 1.29 is 13.6 Å². The van der Waals surface area contributed by atoms with Crippen LogP contribution in [0.1, 0.15) is 13.8 Å². The highest BCUT2D eigenvalue weighted by molar-refractivity contribution is 4.65. The minimum atomic E-state index is -2.84. The van der Waals surface area contributed by atoms with Gasteiger partial charge >= 0.3 is 0 Å². The van der Waals surface area contributed by atoms with Crippen molar-refractivity contribution in [3.05, 3.63) is 0 Å². The highest BCUT2D eigenvalue weighted by Crippen LogP contribution is 2.17. The van der Waals surface area contributed by atoms with Gasteiger partial charge in [-0.3, -0.25) is 4.84 Å². The molecule has 2 N–H and O–H groups in total. The maximum Gasteiger partial charge on any atom is 0.272 e. The summed E-state index contributed by atoms with van der Waals surface area (Å²) in [5.41, 5.74) is 0. The predicted molar refractivity (Wildman–Crippen MR) is 25.4 cm³/mol. The largest absolute Gasteiger partial charge is 0.295 e. The second-order valence-corrected chi connectivity index (χ2v) is 1.73. The molecule has 0 aliphatic carbocycles. The lowest BCUT2D eigenvalue weighted by Crippen LogP contribution is -2.31. The number of alkyl halides is 2. The van der Waals surface area contributed by atoms with Crippen molar-refractivity contribution in [3.63, 3.8) is 0 Å². The van der Waals surface area contributed by atoms with Crippen LogP contribution in [0.25, 0.3) is 0 Å². The first-order valence-electron chi connectivity index (χ1n) is 2.22. The monoisotopic (exact) mass is 125 g/mol. The zero-order valence-electron chi connectivity index (χ0n) is 4.82. The Morgan fingerprint density at radius 2 is 2.00 bits per heavy atom. The van der Waals surface area contributed by atoms with Crippen LogP contribution < -0.4 is 5.90 Å². The van der Waals surface area contributed by atoms with Gasteiger partial charge in [0.15, 0.2) is 0 Å². The standard InChI is InChI=1S/C4H9F2NO/c1-3(8-7)4(2,5)6/h3H,7H2,1-2H3. The quantitative estimate of drug-likeness (QED) is 0.557. The number of rotatable bonds is 2. The van der Waals surface area contributed by atoms with E-state index >= 15 is 0 Å². The molecular weight excluding hydrogens is 116 g/mol. The summed E-state index contributed by atoms with van der Waals surface area (Å²) in [5, 5.41) is 0. The molecule has 4 heteroatoms. The van der Waals surface area contributed by atoms with Gasteiger partial charge in [0.05, 0.1) is 0 Å². The Labute approximate surface area is 46.6 Å². The van der Waals surface area contributed by atoms with E-state index in [4.69, 9.17) is 0 Å². The van der Waals surface area contributed by atoms with Gasteiger partial charge in [-0.25, -0.2) is 14.7 Å². The van der Waals surface area contributed by atoms with E-state index in [-0.39, 0.29) is 0 Å². The molecule has 0 aliphatic rings. The number of hydrogen-bond donors (Lipinski definition) is 1. The van der Waals surface area contributed by atoms with Gasteiger partial charge in [0.25, 0.3) is 5.92 Å². The zero-order chi connectivity index (χ0) is 6.78. The molecule has 0 aliphatic heterocycles. The molecule has 50 valence electrons. The van der Waals surface area contributed by atoms with Gasteiger partial charge in [-0.2, -0.15) is 0 Å². The zero-order valence-corrected chi connectivity index (χ0v) is 4.82. The highest BCUT2D eigenvalue weighted by atomic mass is 19.3. The number of hydrogen-bond acceptors (Lipinski definition) is 2.